The van der Waals surface area contributed by atoms with E-state index in [1.54, 1.807) is 24.3 Å². The van der Waals surface area contributed by atoms with Gasteiger partial charge < -0.3 is 4.74 Å². The maximum atomic E-state index is 14.1. The van der Waals surface area contributed by atoms with Gasteiger partial charge in [0.25, 0.3) is 5.92 Å². The van der Waals surface area contributed by atoms with E-state index in [4.69, 9.17) is 21.6 Å². The Kier molecular flexibility index (Phi) is 4.38. The molecule has 0 saturated carbocycles. The second-order valence-corrected chi connectivity index (χ2v) is 5.74. The molecule has 8 heteroatoms. The predicted octanol–water partition coefficient (Wildman–Crippen LogP) is 4.90. The Labute approximate surface area is 146 Å². The molecule has 0 saturated heterocycles. The molecule has 126 valence electrons. The molecule has 25 heavy (non-hydrogen) atoms. The quantitative estimate of drug-likeness (QED) is 0.718. The predicted molar refractivity (Wildman–Crippen MR) is 87.6 cm³/mol. The largest absolute Gasteiger partial charge is 0.457 e. The third-order valence-corrected chi connectivity index (χ3v) is 3.68. The molecule has 1 heterocycles. The minimum atomic E-state index is -3.17. The van der Waals surface area contributed by atoms with Gasteiger partial charge in [0, 0.05) is 23.1 Å². The Bertz CT molecular complexity index is 943. The van der Waals surface area contributed by atoms with Crippen LogP contribution in [0.3, 0.4) is 0 Å². The Hall–Kier alpha value is -2.98. The van der Waals surface area contributed by atoms with Gasteiger partial charge in [0.15, 0.2) is 5.69 Å². The van der Waals surface area contributed by atoms with Crippen molar-refractivity contribution in [3.8, 4) is 28.8 Å². The van der Waals surface area contributed by atoms with Crippen molar-refractivity contribution in [3.63, 3.8) is 0 Å². The van der Waals surface area contributed by atoms with Crippen LogP contribution in [0.15, 0.2) is 42.5 Å². The smallest absolute Gasteiger partial charge is 0.271 e. The van der Waals surface area contributed by atoms with E-state index in [-0.39, 0.29) is 28.3 Å². The first kappa shape index (κ1) is 16.9. The molecule has 0 spiro atoms. The zero-order valence-corrected chi connectivity index (χ0v) is 13.7. The van der Waals surface area contributed by atoms with Gasteiger partial charge in [-0.1, -0.05) is 16.8 Å². The molecule has 0 unspecified atom stereocenters. The molecule has 5 nitrogen and oxygen atoms in total. The van der Waals surface area contributed by atoms with Crippen LogP contribution in [0.5, 0.6) is 11.5 Å². The fourth-order valence-corrected chi connectivity index (χ4v) is 2.42. The number of benzene rings is 2. The van der Waals surface area contributed by atoms with Crippen LogP contribution >= 0.6 is 11.6 Å². The number of halogens is 3. The molecular weight excluding hydrogens is 350 g/mol. The number of H-pyrrole nitrogens is 1. The molecule has 1 N–H and O–H groups in total. The molecule has 0 radical (unpaired) electrons. The number of ether oxygens (including phenoxy) is 1. The lowest BCUT2D eigenvalue weighted by Gasteiger charge is -2.16. The molecule has 0 atom stereocenters. The summed E-state index contributed by atoms with van der Waals surface area (Å²) >= 11 is 5.81. The van der Waals surface area contributed by atoms with Crippen LogP contribution in [0.2, 0.25) is 5.02 Å². The Morgan fingerprint density at radius 2 is 1.84 bits per heavy atom. The highest BCUT2D eigenvalue weighted by Gasteiger charge is 2.30. The maximum absolute atomic E-state index is 14.1. The van der Waals surface area contributed by atoms with Gasteiger partial charge in [0.1, 0.15) is 23.3 Å². The van der Waals surface area contributed by atoms with Crippen LogP contribution in [0, 0.1) is 11.3 Å². The molecule has 0 amide bonds. The lowest BCUT2D eigenvalue weighted by atomic mass is 9.98. The summed E-state index contributed by atoms with van der Waals surface area (Å²) < 4.78 is 33.8. The third-order valence-electron chi connectivity index (χ3n) is 3.43. The van der Waals surface area contributed by atoms with Gasteiger partial charge >= 0.3 is 0 Å². The van der Waals surface area contributed by atoms with Crippen molar-refractivity contribution in [1.29, 1.82) is 5.26 Å². The van der Waals surface area contributed by atoms with Gasteiger partial charge in [-0.2, -0.15) is 5.26 Å². The Morgan fingerprint density at radius 1 is 1.16 bits per heavy atom. The van der Waals surface area contributed by atoms with Crippen molar-refractivity contribution in [2.45, 2.75) is 12.8 Å². The average molecular weight is 361 g/mol. The van der Waals surface area contributed by atoms with E-state index >= 15 is 0 Å². The second kappa shape index (κ2) is 6.49. The molecular formula is C17H11ClF2N4O. The van der Waals surface area contributed by atoms with E-state index in [0.717, 1.165) is 6.92 Å². The molecule has 2 aromatic carbocycles. The molecule has 0 aliphatic carbocycles. The van der Waals surface area contributed by atoms with Gasteiger partial charge in [0.05, 0.1) is 0 Å². The minimum absolute atomic E-state index is 0.0110. The van der Waals surface area contributed by atoms with Crippen molar-refractivity contribution < 1.29 is 13.5 Å². The Balaban J connectivity index is 2.04. The van der Waals surface area contributed by atoms with Gasteiger partial charge in [-0.3, -0.25) is 0 Å². The zero-order valence-electron chi connectivity index (χ0n) is 12.9. The van der Waals surface area contributed by atoms with Crippen molar-refractivity contribution in [2.75, 3.05) is 0 Å². The number of aromatic amines is 1. The first-order valence-electron chi connectivity index (χ1n) is 7.16. The SMILES string of the molecule is CC(F)(F)c1cc(Oc2ccc(Cl)cc2)ccc1-c1nn[nH]c1C#N. The van der Waals surface area contributed by atoms with E-state index in [1.807, 2.05) is 6.07 Å². The van der Waals surface area contributed by atoms with Gasteiger partial charge in [0.2, 0.25) is 0 Å². The number of nitrogens with zero attached hydrogens (tertiary/aromatic N) is 3. The first-order valence-corrected chi connectivity index (χ1v) is 7.53. The van der Waals surface area contributed by atoms with Crippen molar-refractivity contribution in [2.24, 2.45) is 0 Å². The summed E-state index contributed by atoms with van der Waals surface area (Å²) in [6.45, 7) is 0.768. The maximum Gasteiger partial charge on any atom is 0.271 e. The first-order chi connectivity index (χ1) is 11.9. The molecule has 3 aromatic rings. The van der Waals surface area contributed by atoms with Crippen molar-refractivity contribution >= 4 is 11.6 Å². The van der Waals surface area contributed by atoms with Gasteiger partial charge in [-0.15, -0.1) is 5.10 Å². The third kappa shape index (κ3) is 3.59. The summed E-state index contributed by atoms with van der Waals surface area (Å²) in [6, 6.07) is 12.5. The highest BCUT2D eigenvalue weighted by Crippen LogP contribution is 2.38. The van der Waals surface area contributed by atoms with Crippen LogP contribution in [-0.4, -0.2) is 15.4 Å². The normalized spacial score (nSPS) is 11.2. The fraction of sp³-hybridized carbons (Fsp3) is 0.118. The number of hydrogen-bond donors (Lipinski definition) is 1. The summed E-state index contributed by atoms with van der Waals surface area (Å²) in [5, 5.41) is 19.2. The number of hydrogen-bond acceptors (Lipinski definition) is 4. The zero-order chi connectivity index (χ0) is 18.0. The van der Waals surface area contributed by atoms with Crippen LogP contribution in [-0.2, 0) is 5.92 Å². The second-order valence-electron chi connectivity index (χ2n) is 5.30. The Morgan fingerprint density at radius 3 is 2.48 bits per heavy atom. The monoisotopic (exact) mass is 360 g/mol. The topological polar surface area (TPSA) is 74.6 Å². The van der Waals surface area contributed by atoms with Crippen LogP contribution in [0.25, 0.3) is 11.3 Å². The molecule has 0 bridgehead atoms. The minimum Gasteiger partial charge on any atom is -0.457 e. The lowest BCUT2D eigenvalue weighted by Crippen LogP contribution is -2.09. The standard InChI is InChI=1S/C17H11ClF2N4O/c1-17(19,20)14-8-12(25-11-4-2-10(18)3-5-11)6-7-13(14)16-15(9-21)22-24-23-16/h2-8H,1H3,(H,22,23,24). The summed E-state index contributed by atoms with van der Waals surface area (Å²) in [7, 11) is 0. The number of nitrogens with one attached hydrogen (secondary N) is 1. The van der Waals surface area contributed by atoms with E-state index in [2.05, 4.69) is 15.4 Å². The molecule has 0 fully saturated rings. The molecule has 1 aromatic heterocycles. The van der Waals surface area contributed by atoms with Crippen LogP contribution < -0.4 is 4.74 Å². The summed E-state index contributed by atoms with van der Waals surface area (Å²) in [4.78, 5) is 0. The number of alkyl halides is 2. The fourth-order valence-electron chi connectivity index (χ4n) is 2.29. The van der Waals surface area contributed by atoms with Crippen LogP contribution in [0.4, 0.5) is 8.78 Å². The highest BCUT2D eigenvalue weighted by atomic mass is 35.5. The summed E-state index contributed by atoms with van der Waals surface area (Å²) in [6.07, 6.45) is 0. The average Bonchev–Trinajstić information content (AvgIpc) is 3.04. The summed E-state index contributed by atoms with van der Waals surface area (Å²) in [5.74, 6) is -2.48. The number of rotatable bonds is 4. The summed E-state index contributed by atoms with van der Waals surface area (Å²) in [5.41, 5.74) is -0.125. The van der Waals surface area contributed by atoms with E-state index in [1.165, 1.54) is 18.2 Å². The highest BCUT2D eigenvalue weighted by molar-refractivity contribution is 6.30. The van der Waals surface area contributed by atoms with E-state index in [9.17, 15) is 8.78 Å². The van der Waals surface area contributed by atoms with Crippen molar-refractivity contribution in [3.05, 3.63) is 58.7 Å². The van der Waals surface area contributed by atoms with Gasteiger partial charge in [-0.05, 0) is 42.5 Å². The number of aromatic nitrogens is 3. The molecule has 3 rings (SSSR count). The van der Waals surface area contributed by atoms with E-state index < -0.39 is 5.92 Å². The van der Waals surface area contributed by atoms with E-state index in [0.29, 0.717) is 10.8 Å². The lowest BCUT2D eigenvalue weighted by molar-refractivity contribution is 0.0179. The van der Waals surface area contributed by atoms with Gasteiger partial charge in [-0.25, -0.2) is 13.9 Å². The number of nitriles is 1. The molecule has 0 aliphatic heterocycles. The molecule has 0 aliphatic rings. The van der Waals surface area contributed by atoms with Crippen LogP contribution in [0.1, 0.15) is 18.2 Å². The van der Waals surface area contributed by atoms with Crippen molar-refractivity contribution in [1.82, 2.24) is 15.4 Å².